The van der Waals surface area contributed by atoms with Crippen LogP contribution in [0.5, 0.6) is 0 Å². The fourth-order valence-electron chi connectivity index (χ4n) is 7.25. The lowest BCUT2D eigenvalue weighted by molar-refractivity contribution is -0.146. The van der Waals surface area contributed by atoms with Crippen LogP contribution in [0.25, 0.3) is 0 Å². The first-order valence-corrected chi connectivity index (χ1v) is 24.7. The van der Waals surface area contributed by atoms with Gasteiger partial charge in [-0.2, -0.15) is 22.7 Å². The van der Waals surface area contributed by atoms with Crippen LogP contribution in [-0.2, 0) is 14.3 Å². The van der Waals surface area contributed by atoms with Crippen molar-refractivity contribution in [2.75, 3.05) is 57.2 Å². The first kappa shape index (κ1) is 48.3. The van der Waals surface area contributed by atoms with E-state index in [0.29, 0.717) is 72.0 Å². The van der Waals surface area contributed by atoms with Gasteiger partial charge in [-0.3, -0.25) is 14.4 Å². The number of thiazole rings is 2. The summed E-state index contributed by atoms with van der Waals surface area (Å²) in [7, 11) is 0. The highest BCUT2D eigenvalue weighted by Crippen LogP contribution is 2.34. The van der Waals surface area contributed by atoms with Crippen LogP contribution in [0, 0.1) is 0 Å². The highest BCUT2D eigenvalue weighted by molar-refractivity contribution is 7.14. The van der Waals surface area contributed by atoms with Gasteiger partial charge in [0, 0.05) is 47.7 Å². The van der Waals surface area contributed by atoms with Gasteiger partial charge in [-0.1, -0.05) is 24.3 Å². The predicted octanol–water partition coefficient (Wildman–Crippen LogP) is 8.73. The van der Waals surface area contributed by atoms with Crippen LogP contribution in [0.2, 0.25) is 0 Å². The summed E-state index contributed by atoms with van der Waals surface area (Å²) in [4.78, 5) is 74.3. The number of rotatable bonds is 13. The monoisotopic (exact) mass is 986 g/mol. The highest BCUT2D eigenvalue weighted by Gasteiger charge is 2.44. The molecule has 2 aliphatic rings. The van der Waals surface area contributed by atoms with Gasteiger partial charge in [0.05, 0.1) is 34.1 Å². The molecule has 0 bridgehead atoms. The summed E-state index contributed by atoms with van der Waals surface area (Å²) in [6.45, 7) is 6.89. The van der Waals surface area contributed by atoms with E-state index in [9.17, 15) is 34.2 Å². The number of thiophene rings is 2. The molecule has 0 spiro atoms. The number of carbonyl (C=O) groups is 5. The molecule has 22 heteroatoms. The number of ether oxygens (including phenoxy) is 1. The van der Waals surface area contributed by atoms with Crippen LogP contribution >= 0.6 is 45.3 Å². The van der Waals surface area contributed by atoms with Gasteiger partial charge in [0.25, 0.3) is 11.8 Å². The van der Waals surface area contributed by atoms with Gasteiger partial charge in [-0.05, 0) is 93.6 Å². The number of aliphatic carboxylic acids is 2. The number of nitrogens with two attached hydrogens (primary N) is 1. The molecule has 0 atom stereocenters. The molecule has 67 heavy (non-hydrogen) atoms. The normalized spacial score (nSPS) is 15.3. The van der Waals surface area contributed by atoms with E-state index in [1.54, 1.807) is 60.3 Å². The number of anilines is 8. The van der Waals surface area contributed by atoms with E-state index >= 15 is 0 Å². The largest absolute Gasteiger partial charge is 0.480 e. The van der Waals surface area contributed by atoms with Gasteiger partial charge in [-0.15, -0.1) is 22.7 Å². The minimum atomic E-state index is -1.43. The number of benzene rings is 2. The first-order chi connectivity index (χ1) is 32.0. The third-order valence-electron chi connectivity index (χ3n) is 10.9. The quantitative estimate of drug-likeness (QED) is 0.0538. The number of carboxylic acids is 2. The Bertz CT molecular complexity index is 2670. The molecule has 3 amide bonds. The lowest BCUT2D eigenvalue weighted by Crippen LogP contribution is -2.60. The van der Waals surface area contributed by atoms with Crippen LogP contribution in [0.1, 0.15) is 67.4 Å². The van der Waals surface area contributed by atoms with E-state index < -0.39 is 34.7 Å². The van der Waals surface area contributed by atoms with Crippen molar-refractivity contribution in [2.24, 2.45) is 5.73 Å². The Kier molecular flexibility index (Phi) is 15.1. The molecule has 0 aliphatic carbocycles. The van der Waals surface area contributed by atoms with E-state index in [-0.39, 0.29) is 24.7 Å². The number of piperidine rings is 2. The summed E-state index contributed by atoms with van der Waals surface area (Å²) < 4.78 is 5.28. The molecule has 0 unspecified atom stereocenters. The fraction of sp³-hybridized carbons (Fsp3) is 0.311. The molecule has 6 aromatic rings. The molecule has 2 aromatic carbocycles. The van der Waals surface area contributed by atoms with Crippen LogP contribution in [-0.4, -0.2) is 92.9 Å². The van der Waals surface area contributed by atoms with Crippen LogP contribution in [0.15, 0.2) is 92.9 Å². The molecule has 2 aliphatic heterocycles. The number of carbonyl (C=O) groups excluding carboxylic acids is 3. The van der Waals surface area contributed by atoms with Crippen molar-refractivity contribution < 1.29 is 38.9 Å². The predicted molar refractivity (Wildman–Crippen MR) is 265 cm³/mol. The average molecular weight is 987 g/mol. The molecular formula is C45H50N10O8S4. The molecule has 0 saturated carbocycles. The Morgan fingerprint density at radius 2 is 1.10 bits per heavy atom. The number of para-hydroxylation sites is 4. The summed E-state index contributed by atoms with van der Waals surface area (Å²) in [5, 5.41) is 46.5. The van der Waals surface area contributed by atoms with Gasteiger partial charge < -0.3 is 57.1 Å². The number of hydrogen-bond donors (Lipinski definition) is 8. The maximum atomic E-state index is 12.9. The van der Waals surface area contributed by atoms with E-state index in [0.717, 1.165) is 22.7 Å². The zero-order chi connectivity index (χ0) is 47.8. The number of alkyl carbamates (subject to hydrolysis) is 1. The van der Waals surface area contributed by atoms with Gasteiger partial charge in [-0.25, -0.2) is 19.6 Å². The standard InChI is InChI=1S/C25H29N5O5S2.C20H21N5O3S2/c1-24(2,3)35-23(34)29-25(21(32)33)9-11-30(12-10-25)19-7-5-4-6-17(19)27-20(31)18-15-37-22(28-18)26-16-8-13-36-14-16;21-20(18(27)28)6-8-25(9-7-20)16-4-2-1-3-14(16)23-17(26)15-12-30-19(24-15)22-13-5-10-29-11-13/h4-8,13-15H,9-12H2,1-3H3,(H,26,28)(H,27,31)(H,29,34)(H,32,33);1-5,10-12H,6-9,21H2,(H,22,24)(H,23,26)(H,27,28). The van der Waals surface area contributed by atoms with E-state index in [4.69, 9.17) is 10.5 Å². The lowest BCUT2D eigenvalue weighted by atomic mass is 9.87. The molecule has 0 radical (unpaired) electrons. The number of nitrogens with one attached hydrogen (secondary N) is 5. The summed E-state index contributed by atoms with van der Waals surface area (Å²) in [5.74, 6) is -2.72. The molecule has 4 aromatic heterocycles. The van der Waals surface area contributed by atoms with Crippen molar-refractivity contribution in [3.05, 3.63) is 104 Å². The minimum Gasteiger partial charge on any atom is -0.480 e. The molecule has 18 nitrogen and oxygen atoms in total. The minimum absolute atomic E-state index is 0.174. The van der Waals surface area contributed by atoms with E-state index in [1.165, 1.54) is 22.7 Å². The Morgan fingerprint density at radius 1 is 0.657 bits per heavy atom. The van der Waals surface area contributed by atoms with Gasteiger partial charge >= 0.3 is 18.0 Å². The van der Waals surface area contributed by atoms with Crippen LogP contribution in [0.3, 0.4) is 0 Å². The number of aromatic nitrogens is 2. The number of nitrogens with zero attached hydrogens (tertiary/aromatic N) is 4. The third-order valence-corrected chi connectivity index (χ3v) is 13.7. The molecule has 6 heterocycles. The van der Waals surface area contributed by atoms with E-state index in [2.05, 4.69) is 36.6 Å². The van der Waals surface area contributed by atoms with Crippen molar-refractivity contribution in [3.8, 4) is 0 Å². The summed E-state index contributed by atoms with van der Waals surface area (Å²) in [6.07, 6.45) is 0.274. The fourth-order valence-corrected chi connectivity index (χ4v) is 9.85. The van der Waals surface area contributed by atoms with Crippen molar-refractivity contribution in [3.63, 3.8) is 0 Å². The van der Waals surface area contributed by atoms with Crippen molar-refractivity contribution >= 4 is 120 Å². The number of amides is 3. The van der Waals surface area contributed by atoms with Gasteiger partial charge in [0.2, 0.25) is 0 Å². The number of hydrogen-bond acceptors (Lipinski definition) is 17. The lowest BCUT2D eigenvalue weighted by Gasteiger charge is -2.40. The zero-order valence-corrected chi connectivity index (χ0v) is 40.0. The molecule has 2 saturated heterocycles. The van der Waals surface area contributed by atoms with Crippen molar-refractivity contribution in [1.82, 2.24) is 15.3 Å². The summed E-state index contributed by atoms with van der Waals surface area (Å²) in [5.41, 5.74) is 7.95. The van der Waals surface area contributed by atoms with Gasteiger partial charge in [0.1, 0.15) is 28.1 Å². The second kappa shape index (κ2) is 20.9. The van der Waals surface area contributed by atoms with Crippen molar-refractivity contribution in [2.45, 2.75) is 63.1 Å². The van der Waals surface area contributed by atoms with Crippen molar-refractivity contribution in [1.29, 1.82) is 0 Å². The van der Waals surface area contributed by atoms with E-state index in [1.807, 2.05) is 85.9 Å². The molecule has 8 rings (SSSR count). The smallest absolute Gasteiger partial charge is 0.408 e. The molecule has 2 fully saturated rings. The van der Waals surface area contributed by atoms with Crippen LogP contribution < -0.4 is 42.1 Å². The molecule has 352 valence electrons. The molecular weight excluding hydrogens is 937 g/mol. The maximum absolute atomic E-state index is 12.9. The number of carboxylic acid groups (broad SMARTS) is 2. The highest BCUT2D eigenvalue weighted by atomic mass is 32.1. The van der Waals surface area contributed by atoms with Gasteiger partial charge in [0.15, 0.2) is 10.3 Å². The third kappa shape index (κ3) is 12.5. The summed E-state index contributed by atoms with van der Waals surface area (Å²) in [6, 6.07) is 18.7. The first-order valence-electron chi connectivity index (χ1n) is 21.1. The Labute approximate surface area is 402 Å². The SMILES string of the molecule is CC(C)(C)OC(=O)NC1(C(=O)O)CCN(c2ccccc2NC(=O)c2csc(Nc3ccsc3)n2)CC1.NC1(C(=O)O)CCN(c2ccccc2NC(=O)c2csc(Nc3ccsc3)n2)CC1. The van der Waals surface area contributed by atoms with Crippen LogP contribution in [0.4, 0.5) is 49.2 Å². The second-order valence-corrected chi connectivity index (χ2v) is 20.0. The molecule has 9 N–H and O–H groups in total. The topological polar surface area (TPSA) is 253 Å². The maximum Gasteiger partial charge on any atom is 0.408 e. The Balaban J connectivity index is 0.000000203. The second-order valence-electron chi connectivity index (χ2n) is 16.7. The Hall–Kier alpha value is -6.59. The average Bonchev–Trinajstić information content (AvgIpc) is 4.15. The summed E-state index contributed by atoms with van der Waals surface area (Å²) >= 11 is 5.85. The Morgan fingerprint density at radius 3 is 1.51 bits per heavy atom. The zero-order valence-electron chi connectivity index (χ0n) is 36.7.